The van der Waals surface area contributed by atoms with Gasteiger partial charge in [0.05, 0.1) is 12.1 Å². The Balaban J connectivity index is 2.25. The third kappa shape index (κ3) is 1.78. The van der Waals surface area contributed by atoms with Crippen LogP contribution in [0.3, 0.4) is 0 Å². The van der Waals surface area contributed by atoms with Crippen LogP contribution in [-0.2, 0) is 6.42 Å². The zero-order chi connectivity index (χ0) is 11.0. The maximum absolute atomic E-state index is 12.9. The minimum absolute atomic E-state index is 0.320. The average molecular weight is 211 g/mol. The average Bonchev–Trinajstić information content (AvgIpc) is 2.42. The third-order valence-corrected chi connectivity index (χ3v) is 2.55. The highest BCUT2D eigenvalue weighted by Crippen LogP contribution is 2.31. The second-order valence-electron chi connectivity index (χ2n) is 3.55. The Kier molecular flexibility index (Phi) is 2.32. The highest BCUT2D eigenvalue weighted by molar-refractivity contribution is 5.65. The van der Waals surface area contributed by atoms with E-state index in [0.29, 0.717) is 17.5 Å². The van der Waals surface area contributed by atoms with Gasteiger partial charge in [-0.3, -0.25) is 0 Å². The van der Waals surface area contributed by atoms with Crippen molar-refractivity contribution in [1.82, 2.24) is 5.32 Å². The molecule has 80 valence electrons. The second-order valence-corrected chi connectivity index (χ2v) is 3.55. The van der Waals surface area contributed by atoms with Crippen LogP contribution in [0.4, 0.5) is 9.18 Å². The van der Waals surface area contributed by atoms with Gasteiger partial charge in [0.1, 0.15) is 5.82 Å². The Labute approximate surface area is 85.4 Å². The monoisotopic (exact) mass is 211 g/mol. The van der Waals surface area contributed by atoms with Crippen molar-refractivity contribution in [2.45, 2.75) is 18.6 Å². The first-order valence-corrected chi connectivity index (χ1v) is 4.54. The van der Waals surface area contributed by atoms with E-state index < -0.39 is 18.2 Å². The summed E-state index contributed by atoms with van der Waals surface area (Å²) < 4.78 is 12.9. The molecule has 15 heavy (non-hydrogen) atoms. The Hall–Kier alpha value is -1.62. The SMILES string of the molecule is O=C(O)NC1Cc2cc(F)ccc2C1O. The first-order chi connectivity index (χ1) is 7.08. The van der Waals surface area contributed by atoms with Crippen molar-refractivity contribution in [3.05, 3.63) is 35.1 Å². The molecular weight excluding hydrogens is 201 g/mol. The van der Waals surface area contributed by atoms with Gasteiger partial charge in [-0.1, -0.05) is 6.07 Å². The zero-order valence-corrected chi connectivity index (χ0v) is 7.77. The fourth-order valence-electron chi connectivity index (χ4n) is 1.89. The molecule has 3 N–H and O–H groups in total. The first-order valence-electron chi connectivity index (χ1n) is 4.54. The van der Waals surface area contributed by atoms with Crippen LogP contribution in [0.1, 0.15) is 17.2 Å². The zero-order valence-electron chi connectivity index (χ0n) is 7.77. The van der Waals surface area contributed by atoms with E-state index in [2.05, 4.69) is 5.32 Å². The molecule has 0 aromatic heterocycles. The highest BCUT2D eigenvalue weighted by atomic mass is 19.1. The number of aliphatic hydroxyl groups is 1. The predicted octanol–water partition coefficient (Wildman–Crippen LogP) is 1.05. The van der Waals surface area contributed by atoms with Gasteiger partial charge in [-0.25, -0.2) is 9.18 Å². The Bertz CT molecular complexity index is 408. The largest absolute Gasteiger partial charge is 0.465 e. The minimum Gasteiger partial charge on any atom is -0.465 e. The number of amides is 1. The van der Waals surface area contributed by atoms with Crippen LogP contribution in [0, 0.1) is 5.82 Å². The summed E-state index contributed by atoms with van der Waals surface area (Å²) in [5.74, 6) is -0.378. The first kappa shape index (κ1) is 9.92. The summed E-state index contributed by atoms with van der Waals surface area (Å²) in [5, 5.41) is 20.5. The molecule has 1 aliphatic rings. The van der Waals surface area contributed by atoms with Gasteiger partial charge in [-0.2, -0.15) is 0 Å². The quantitative estimate of drug-likeness (QED) is 0.650. The molecule has 2 rings (SSSR count). The molecule has 0 spiro atoms. The van der Waals surface area contributed by atoms with Crippen molar-refractivity contribution in [3.63, 3.8) is 0 Å². The maximum atomic E-state index is 12.9. The molecule has 0 fully saturated rings. The fraction of sp³-hybridized carbons (Fsp3) is 0.300. The lowest BCUT2D eigenvalue weighted by Gasteiger charge is -2.14. The fourth-order valence-corrected chi connectivity index (χ4v) is 1.89. The van der Waals surface area contributed by atoms with E-state index in [-0.39, 0.29) is 5.82 Å². The number of carbonyl (C=O) groups is 1. The molecule has 2 atom stereocenters. The van der Waals surface area contributed by atoms with E-state index >= 15 is 0 Å². The van der Waals surface area contributed by atoms with E-state index in [1.807, 2.05) is 0 Å². The molecule has 0 heterocycles. The van der Waals surface area contributed by atoms with Crippen LogP contribution in [0.2, 0.25) is 0 Å². The number of rotatable bonds is 1. The Morgan fingerprint density at radius 1 is 1.53 bits per heavy atom. The molecule has 1 aromatic rings. The normalized spacial score (nSPS) is 23.6. The van der Waals surface area contributed by atoms with Gasteiger partial charge in [0, 0.05) is 0 Å². The van der Waals surface area contributed by atoms with Crippen molar-refractivity contribution in [2.24, 2.45) is 0 Å². The van der Waals surface area contributed by atoms with Gasteiger partial charge in [-0.15, -0.1) is 0 Å². The van der Waals surface area contributed by atoms with E-state index in [9.17, 15) is 14.3 Å². The molecule has 1 aromatic carbocycles. The lowest BCUT2D eigenvalue weighted by atomic mass is 10.1. The smallest absolute Gasteiger partial charge is 0.404 e. The van der Waals surface area contributed by atoms with Gasteiger partial charge in [0.25, 0.3) is 0 Å². The van der Waals surface area contributed by atoms with E-state index in [1.54, 1.807) is 0 Å². The molecule has 1 amide bonds. The number of hydrogen-bond donors (Lipinski definition) is 3. The lowest BCUT2D eigenvalue weighted by molar-refractivity contribution is 0.131. The standard InChI is InChI=1S/C10H10FNO3/c11-6-1-2-7-5(3-6)4-8(9(7)13)12-10(14)15/h1-3,8-9,12-13H,4H2,(H,14,15). The van der Waals surface area contributed by atoms with Gasteiger partial charge in [-0.05, 0) is 29.7 Å². The van der Waals surface area contributed by atoms with Crippen LogP contribution in [0.5, 0.6) is 0 Å². The summed E-state index contributed by atoms with van der Waals surface area (Å²) in [6.45, 7) is 0. The number of fused-ring (bicyclic) bond motifs is 1. The Morgan fingerprint density at radius 3 is 2.93 bits per heavy atom. The van der Waals surface area contributed by atoms with Gasteiger partial charge < -0.3 is 15.5 Å². The maximum Gasteiger partial charge on any atom is 0.404 e. The summed E-state index contributed by atoms with van der Waals surface area (Å²) in [6, 6.07) is 3.48. The van der Waals surface area contributed by atoms with Crippen molar-refractivity contribution in [3.8, 4) is 0 Å². The number of carboxylic acid groups (broad SMARTS) is 1. The summed E-state index contributed by atoms with van der Waals surface area (Å²) in [7, 11) is 0. The van der Waals surface area contributed by atoms with Crippen molar-refractivity contribution >= 4 is 6.09 Å². The molecule has 4 nitrogen and oxygen atoms in total. The summed E-state index contributed by atoms with van der Waals surface area (Å²) >= 11 is 0. The van der Waals surface area contributed by atoms with Crippen molar-refractivity contribution < 1.29 is 19.4 Å². The highest BCUT2D eigenvalue weighted by Gasteiger charge is 2.32. The van der Waals surface area contributed by atoms with Crippen molar-refractivity contribution in [1.29, 1.82) is 0 Å². The van der Waals surface area contributed by atoms with Crippen molar-refractivity contribution in [2.75, 3.05) is 0 Å². The van der Waals surface area contributed by atoms with Crippen LogP contribution >= 0.6 is 0 Å². The van der Waals surface area contributed by atoms with Crippen LogP contribution in [0.25, 0.3) is 0 Å². The van der Waals surface area contributed by atoms with Crippen LogP contribution in [-0.4, -0.2) is 22.3 Å². The van der Waals surface area contributed by atoms with Gasteiger partial charge in [0.2, 0.25) is 0 Å². The van der Waals surface area contributed by atoms with E-state index in [0.717, 1.165) is 0 Å². The number of halogens is 1. The topological polar surface area (TPSA) is 69.6 Å². The summed E-state index contributed by atoms with van der Waals surface area (Å²) in [6.07, 6.45) is -1.76. The van der Waals surface area contributed by atoms with Crippen LogP contribution < -0.4 is 5.32 Å². The molecule has 2 unspecified atom stereocenters. The number of benzene rings is 1. The second kappa shape index (κ2) is 3.51. The molecule has 0 saturated carbocycles. The molecule has 0 radical (unpaired) electrons. The molecule has 0 aliphatic heterocycles. The third-order valence-electron chi connectivity index (χ3n) is 2.55. The molecule has 1 aliphatic carbocycles. The number of nitrogens with one attached hydrogen (secondary N) is 1. The molecule has 0 bridgehead atoms. The van der Waals surface area contributed by atoms with Crippen LogP contribution in [0.15, 0.2) is 18.2 Å². The lowest BCUT2D eigenvalue weighted by Crippen LogP contribution is -2.36. The minimum atomic E-state index is -1.19. The number of aliphatic hydroxyl groups excluding tert-OH is 1. The van der Waals surface area contributed by atoms with Gasteiger partial charge >= 0.3 is 6.09 Å². The van der Waals surface area contributed by atoms with E-state index in [1.165, 1.54) is 18.2 Å². The molecular formula is C10H10FNO3. The summed E-state index contributed by atoms with van der Waals surface area (Å²) in [5.41, 5.74) is 1.25. The van der Waals surface area contributed by atoms with E-state index in [4.69, 9.17) is 5.11 Å². The predicted molar refractivity (Wildman–Crippen MR) is 50.0 cm³/mol. The molecule has 0 saturated heterocycles. The molecule has 5 heteroatoms. The summed E-state index contributed by atoms with van der Waals surface area (Å²) in [4.78, 5) is 10.4. The van der Waals surface area contributed by atoms with Gasteiger partial charge in [0.15, 0.2) is 0 Å². The Morgan fingerprint density at radius 2 is 2.27 bits per heavy atom. The number of hydrogen-bond acceptors (Lipinski definition) is 2.